The van der Waals surface area contributed by atoms with Crippen LogP contribution in [0.2, 0.25) is 10.0 Å². The van der Waals surface area contributed by atoms with Crippen LogP contribution in [0, 0.1) is 20.8 Å². The summed E-state index contributed by atoms with van der Waals surface area (Å²) in [5, 5.41) is 13.0. The zero-order valence-corrected chi connectivity index (χ0v) is 17.2. The minimum atomic E-state index is -0.192. The second-order valence-electron chi connectivity index (χ2n) is 6.38. The highest BCUT2D eigenvalue weighted by atomic mass is 35.5. The van der Waals surface area contributed by atoms with Crippen LogP contribution in [-0.4, -0.2) is 25.5 Å². The smallest absolute Gasteiger partial charge is 0.259 e. The molecule has 0 aliphatic rings. The van der Waals surface area contributed by atoms with E-state index in [9.17, 15) is 4.79 Å². The van der Waals surface area contributed by atoms with Gasteiger partial charge in [0, 0.05) is 22.8 Å². The molecular weight excluding hydrogens is 385 g/mol. The number of anilines is 1. The van der Waals surface area contributed by atoms with E-state index in [0.29, 0.717) is 40.1 Å². The van der Waals surface area contributed by atoms with E-state index in [0.717, 1.165) is 17.0 Å². The Morgan fingerprint density at radius 3 is 2.52 bits per heavy atom. The molecule has 0 atom stereocenters. The number of hydrogen-bond acceptors (Lipinski definition) is 3. The molecule has 0 unspecified atom stereocenters. The topological polar surface area (TPSA) is 64.7 Å². The van der Waals surface area contributed by atoms with Crippen LogP contribution in [-0.2, 0) is 13.1 Å². The van der Waals surface area contributed by atoms with Crippen molar-refractivity contribution >= 4 is 34.8 Å². The van der Waals surface area contributed by atoms with Crippen molar-refractivity contribution in [3.63, 3.8) is 0 Å². The van der Waals surface area contributed by atoms with Crippen molar-refractivity contribution in [3.8, 4) is 0 Å². The Morgan fingerprint density at radius 2 is 1.89 bits per heavy atom. The molecule has 2 heterocycles. The van der Waals surface area contributed by atoms with E-state index in [-0.39, 0.29) is 5.91 Å². The summed E-state index contributed by atoms with van der Waals surface area (Å²) in [6.45, 7) is 8.80. The summed E-state index contributed by atoms with van der Waals surface area (Å²) in [6, 6.07) is 5.38. The molecule has 0 saturated carbocycles. The van der Waals surface area contributed by atoms with Gasteiger partial charge in [0.05, 0.1) is 34.9 Å². The van der Waals surface area contributed by atoms with Gasteiger partial charge in [-0.1, -0.05) is 29.3 Å². The number of hydrogen-bond donors (Lipinski definition) is 1. The van der Waals surface area contributed by atoms with Crippen LogP contribution in [0.3, 0.4) is 0 Å². The van der Waals surface area contributed by atoms with E-state index < -0.39 is 0 Å². The van der Waals surface area contributed by atoms with Crippen LogP contribution in [0.5, 0.6) is 0 Å². The fraction of sp³-hybridized carbons (Fsp3) is 0.316. The van der Waals surface area contributed by atoms with Gasteiger partial charge in [-0.05, 0) is 45.4 Å². The molecule has 27 heavy (non-hydrogen) atoms. The summed E-state index contributed by atoms with van der Waals surface area (Å²) in [6.07, 6.45) is 1.76. The van der Waals surface area contributed by atoms with E-state index in [1.807, 2.05) is 38.4 Å². The molecule has 0 aliphatic carbocycles. The van der Waals surface area contributed by atoms with Crippen molar-refractivity contribution < 1.29 is 4.79 Å². The van der Waals surface area contributed by atoms with E-state index in [2.05, 4.69) is 15.5 Å². The standard InChI is InChI=1S/C19H21Cl2N5O/c1-5-25-10-16(11(2)23-25)19(27)22-18-12(3)24-26(13(18)4)9-14-6-7-15(20)8-17(14)21/h6-8,10H,5,9H2,1-4H3,(H,22,27). The fourth-order valence-corrected chi connectivity index (χ4v) is 3.39. The lowest BCUT2D eigenvalue weighted by Gasteiger charge is -2.08. The minimum Gasteiger partial charge on any atom is -0.319 e. The molecule has 2 aromatic heterocycles. The highest BCUT2D eigenvalue weighted by molar-refractivity contribution is 6.35. The third kappa shape index (κ3) is 4.01. The van der Waals surface area contributed by atoms with Crippen LogP contribution in [0.1, 0.15) is 39.9 Å². The predicted octanol–water partition coefficient (Wildman–Crippen LogP) is 4.63. The first-order valence-corrected chi connectivity index (χ1v) is 9.39. The van der Waals surface area contributed by atoms with Crippen LogP contribution in [0.4, 0.5) is 5.69 Å². The Morgan fingerprint density at radius 1 is 1.15 bits per heavy atom. The molecule has 8 heteroatoms. The van der Waals surface area contributed by atoms with E-state index in [4.69, 9.17) is 23.2 Å². The third-order valence-electron chi connectivity index (χ3n) is 4.47. The van der Waals surface area contributed by atoms with Crippen molar-refractivity contribution in [2.45, 2.75) is 40.8 Å². The molecule has 1 aromatic carbocycles. The maximum Gasteiger partial charge on any atom is 0.259 e. The van der Waals surface area contributed by atoms with Gasteiger partial charge in [0.25, 0.3) is 5.91 Å². The number of rotatable bonds is 5. The number of aryl methyl sites for hydroxylation is 3. The zero-order chi connectivity index (χ0) is 19.7. The average Bonchev–Trinajstić information content (AvgIpc) is 3.12. The molecule has 0 bridgehead atoms. The summed E-state index contributed by atoms with van der Waals surface area (Å²) in [5.74, 6) is -0.192. The van der Waals surface area contributed by atoms with Crippen molar-refractivity contribution in [2.24, 2.45) is 0 Å². The molecule has 0 aliphatic heterocycles. The van der Waals surface area contributed by atoms with Gasteiger partial charge >= 0.3 is 0 Å². The zero-order valence-electron chi connectivity index (χ0n) is 15.7. The molecular formula is C19H21Cl2N5O. The lowest BCUT2D eigenvalue weighted by Crippen LogP contribution is -2.14. The Kier molecular flexibility index (Phi) is 5.58. The van der Waals surface area contributed by atoms with Gasteiger partial charge in [0.15, 0.2) is 0 Å². The number of carbonyl (C=O) groups excluding carboxylic acids is 1. The van der Waals surface area contributed by atoms with Gasteiger partial charge in [-0.3, -0.25) is 14.2 Å². The highest BCUT2D eigenvalue weighted by Gasteiger charge is 2.19. The molecule has 3 rings (SSSR count). The summed E-state index contributed by atoms with van der Waals surface area (Å²) in [7, 11) is 0. The van der Waals surface area contributed by atoms with Gasteiger partial charge in [-0.15, -0.1) is 0 Å². The summed E-state index contributed by atoms with van der Waals surface area (Å²) < 4.78 is 3.57. The Hall–Kier alpha value is -2.31. The number of carbonyl (C=O) groups is 1. The average molecular weight is 406 g/mol. The van der Waals surface area contributed by atoms with Gasteiger partial charge in [0.1, 0.15) is 0 Å². The van der Waals surface area contributed by atoms with Gasteiger partial charge in [0.2, 0.25) is 0 Å². The van der Waals surface area contributed by atoms with E-state index >= 15 is 0 Å². The third-order valence-corrected chi connectivity index (χ3v) is 5.06. The summed E-state index contributed by atoms with van der Waals surface area (Å²) in [4.78, 5) is 12.7. The van der Waals surface area contributed by atoms with Crippen molar-refractivity contribution in [1.82, 2.24) is 19.6 Å². The Bertz CT molecular complexity index is 1010. The van der Waals surface area contributed by atoms with Crippen molar-refractivity contribution in [1.29, 1.82) is 0 Å². The molecule has 142 valence electrons. The second-order valence-corrected chi connectivity index (χ2v) is 7.22. The van der Waals surface area contributed by atoms with Gasteiger partial charge in [-0.25, -0.2) is 0 Å². The lowest BCUT2D eigenvalue weighted by molar-refractivity contribution is 0.102. The van der Waals surface area contributed by atoms with Crippen molar-refractivity contribution in [3.05, 3.63) is 62.6 Å². The number of amides is 1. The number of nitrogens with one attached hydrogen (secondary N) is 1. The van der Waals surface area contributed by atoms with Crippen LogP contribution in [0.15, 0.2) is 24.4 Å². The predicted molar refractivity (Wildman–Crippen MR) is 108 cm³/mol. The quantitative estimate of drug-likeness (QED) is 0.672. The van der Waals surface area contributed by atoms with Gasteiger partial charge < -0.3 is 5.32 Å². The van der Waals surface area contributed by atoms with Crippen LogP contribution < -0.4 is 5.32 Å². The number of nitrogens with zero attached hydrogens (tertiary/aromatic N) is 4. The number of benzene rings is 1. The first kappa shape index (κ1) is 19.5. The van der Waals surface area contributed by atoms with Gasteiger partial charge in [-0.2, -0.15) is 10.2 Å². The number of halogens is 2. The highest BCUT2D eigenvalue weighted by Crippen LogP contribution is 2.25. The lowest BCUT2D eigenvalue weighted by atomic mass is 10.2. The SMILES string of the molecule is CCn1cc(C(=O)Nc2c(C)nn(Cc3ccc(Cl)cc3Cl)c2C)c(C)n1. The van der Waals surface area contributed by atoms with Crippen LogP contribution in [0.25, 0.3) is 0 Å². The number of aromatic nitrogens is 4. The molecule has 0 fully saturated rings. The maximum atomic E-state index is 12.7. The van der Waals surface area contributed by atoms with Crippen molar-refractivity contribution in [2.75, 3.05) is 5.32 Å². The molecule has 1 amide bonds. The monoisotopic (exact) mass is 405 g/mol. The maximum absolute atomic E-state index is 12.7. The first-order valence-electron chi connectivity index (χ1n) is 8.63. The molecule has 3 aromatic rings. The molecule has 6 nitrogen and oxygen atoms in total. The van der Waals surface area contributed by atoms with E-state index in [1.165, 1.54) is 0 Å². The van der Waals surface area contributed by atoms with E-state index in [1.54, 1.807) is 23.0 Å². The largest absolute Gasteiger partial charge is 0.319 e. The summed E-state index contributed by atoms with van der Waals surface area (Å²) in [5.41, 5.74) is 4.46. The molecule has 0 radical (unpaired) electrons. The molecule has 0 saturated heterocycles. The second kappa shape index (κ2) is 7.74. The normalized spacial score (nSPS) is 11.0. The minimum absolute atomic E-state index is 0.192. The summed E-state index contributed by atoms with van der Waals surface area (Å²) >= 11 is 12.2. The Balaban J connectivity index is 1.85. The molecule has 0 spiro atoms. The Labute approximate surface area is 168 Å². The molecule has 1 N–H and O–H groups in total. The fourth-order valence-electron chi connectivity index (χ4n) is 2.93. The first-order chi connectivity index (χ1) is 12.8. The van der Waals surface area contributed by atoms with Crippen LogP contribution >= 0.6 is 23.2 Å².